The first-order valence-electron chi connectivity index (χ1n) is 5.53. The summed E-state index contributed by atoms with van der Waals surface area (Å²) in [6, 6.07) is -1.29. The summed E-state index contributed by atoms with van der Waals surface area (Å²) in [4.78, 5) is 0. The van der Waals surface area contributed by atoms with Crippen LogP contribution < -0.4 is 16.4 Å². The predicted octanol–water partition coefficient (Wildman–Crippen LogP) is 1.65. The standard InChI is InChI=1S/C11H12F5N3/c12-8-2-1-6(17)5-7(8)10(9(13)14)11(15,16)19-4-3-18-10/h1-2,5,9,18-19H,3-4,17H2. The first-order valence-corrected chi connectivity index (χ1v) is 5.53. The van der Waals surface area contributed by atoms with E-state index in [0.717, 1.165) is 18.2 Å². The van der Waals surface area contributed by atoms with Gasteiger partial charge in [-0.2, -0.15) is 8.78 Å². The van der Waals surface area contributed by atoms with Crippen molar-refractivity contribution in [3.05, 3.63) is 29.6 Å². The van der Waals surface area contributed by atoms with Gasteiger partial charge in [0.25, 0.3) is 6.43 Å². The van der Waals surface area contributed by atoms with Crippen molar-refractivity contribution >= 4 is 5.69 Å². The molecule has 1 fully saturated rings. The lowest BCUT2D eigenvalue weighted by molar-refractivity contribution is -0.188. The van der Waals surface area contributed by atoms with Gasteiger partial charge in [-0.05, 0) is 18.2 Å². The third kappa shape index (κ3) is 2.04. The average Bonchev–Trinajstić information content (AvgIpc) is 2.32. The Morgan fingerprint density at radius 3 is 2.37 bits per heavy atom. The van der Waals surface area contributed by atoms with Gasteiger partial charge < -0.3 is 5.73 Å². The molecule has 0 saturated carbocycles. The fourth-order valence-corrected chi connectivity index (χ4v) is 2.17. The van der Waals surface area contributed by atoms with E-state index in [1.54, 1.807) is 5.32 Å². The number of nitrogens with one attached hydrogen (secondary N) is 2. The second-order valence-electron chi connectivity index (χ2n) is 4.28. The number of nitrogens with two attached hydrogens (primary N) is 1. The van der Waals surface area contributed by atoms with Crippen molar-refractivity contribution in [3.8, 4) is 0 Å². The zero-order valence-corrected chi connectivity index (χ0v) is 9.69. The molecule has 0 aliphatic carbocycles. The monoisotopic (exact) mass is 281 g/mol. The number of hydrogen-bond donors (Lipinski definition) is 3. The maximum Gasteiger partial charge on any atom is 0.330 e. The van der Waals surface area contributed by atoms with Gasteiger partial charge in [0.2, 0.25) is 0 Å². The van der Waals surface area contributed by atoms with Crippen LogP contribution in [0.1, 0.15) is 5.56 Å². The molecule has 1 heterocycles. The summed E-state index contributed by atoms with van der Waals surface area (Å²) in [5, 5.41) is 3.74. The first kappa shape index (κ1) is 14.0. The predicted molar refractivity (Wildman–Crippen MR) is 59.4 cm³/mol. The van der Waals surface area contributed by atoms with E-state index in [9.17, 15) is 22.0 Å². The fraction of sp³-hybridized carbons (Fsp3) is 0.455. The van der Waals surface area contributed by atoms with Gasteiger partial charge in [-0.1, -0.05) is 0 Å². The van der Waals surface area contributed by atoms with Gasteiger partial charge in [0.1, 0.15) is 5.82 Å². The largest absolute Gasteiger partial charge is 0.399 e. The molecule has 1 unspecified atom stereocenters. The molecule has 0 aromatic heterocycles. The molecule has 0 spiro atoms. The second-order valence-corrected chi connectivity index (χ2v) is 4.28. The number of piperazine rings is 1. The number of nitrogen functional groups attached to an aromatic ring is 1. The van der Waals surface area contributed by atoms with Gasteiger partial charge in [0.15, 0.2) is 5.54 Å². The second kappa shape index (κ2) is 4.61. The highest BCUT2D eigenvalue weighted by Crippen LogP contribution is 2.43. The highest BCUT2D eigenvalue weighted by molar-refractivity contribution is 5.45. The highest BCUT2D eigenvalue weighted by Gasteiger charge is 2.63. The van der Waals surface area contributed by atoms with Gasteiger partial charge in [-0.25, -0.2) is 13.2 Å². The van der Waals surface area contributed by atoms with Gasteiger partial charge in [-0.3, -0.25) is 10.6 Å². The van der Waals surface area contributed by atoms with Crippen molar-refractivity contribution in [2.24, 2.45) is 0 Å². The summed E-state index contributed by atoms with van der Waals surface area (Å²) in [6.45, 7) is -0.348. The summed E-state index contributed by atoms with van der Waals surface area (Å²) >= 11 is 0. The fourth-order valence-electron chi connectivity index (χ4n) is 2.17. The quantitative estimate of drug-likeness (QED) is 0.439. The molecule has 2 rings (SSSR count). The lowest BCUT2D eigenvalue weighted by atomic mass is 9.85. The molecule has 1 aromatic rings. The summed E-state index contributed by atoms with van der Waals surface area (Å²) in [7, 11) is 0. The molecule has 0 amide bonds. The van der Waals surface area contributed by atoms with Crippen molar-refractivity contribution in [2.45, 2.75) is 18.0 Å². The van der Waals surface area contributed by atoms with Crippen LogP contribution >= 0.6 is 0 Å². The van der Waals surface area contributed by atoms with Crippen molar-refractivity contribution in [3.63, 3.8) is 0 Å². The zero-order valence-electron chi connectivity index (χ0n) is 9.69. The Morgan fingerprint density at radius 2 is 1.79 bits per heavy atom. The van der Waals surface area contributed by atoms with E-state index in [2.05, 4.69) is 0 Å². The molecule has 19 heavy (non-hydrogen) atoms. The molecular formula is C11H12F5N3. The number of anilines is 1. The highest BCUT2D eigenvalue weighted by atomic mass is 19.3. The lowest BCUT2D eigenvalue weighted by Crippen LogP contribution is -2.71. The Morgan fingerprint density at radius 1 is 1.16 bits per heavy atom. The molecule has 1 aliphatic rings. The lowest BCUT2D eigenvalue weighted by Gasteiger charge is -2.44. The van der Waals surface area contributed by atoms with E-state index in [1.807, 2.05) is 5.32 Å². The molecule has 1 aliphatic heterocycles. The molecule has 1 atom stereocenters. The van der Waals surface area contributed by atoms with E-state index in [0.29, 0.717) is 0 Å². The summed E-state index contributed by atoms with van der Waals surface area (Å²) < 4.78 is 68.1. The molecule has 106 valence electrons. The normalized spacial score (nSPS) is 26.6. The van der Waals surface area contributed by atoms with Crippen LogP contribution in [-0.2, 0) is 5.54 Å². The van der Waals surface area contributed by atoms with Crippen LogP contribution in [0.4, 0.5) is 27.6 Å². The van der Waals surface area contributed by atoms with E-state index >= 15 is 0 Å². The van der Waals surface area contributed by atoms with Crippen LogP contribution in [0.3, 0.4) is 0 Å². The Bertz CT molecular complexity index is 479. The van der Waals surface area contributed by atoms with E-state index in [-0.39, 0.29) is 18.8 Å². The Hall–Kier alpha value is -1.41. The number of benzene rings is 1. The van der Waals surface area contributed by atoms with Crippen LogP contribution in [0.2, 0.25) is 0 Å². The number of halogens is 5. The topological polar surface area (TPSA) is 50.1 Å². The van der Waals surface area contributed by atoms with Gasteiger partial charge >= 0.3 is 6.05 Å². The van der Waals surface area contributed by atoms with Crippen molar-refractivity contribution < 1.29 is 22.0 Å². The van der Waals surface area contributed by atoms with Crippen LogP contribution in [-0.4, -0.2) is 25.6 Å². The van der Waals surface area contributed by atoms with E-state index in [1.165, 1.54) is 0 Å². The zero-order chi connectivity index (χ0) is 14.3. The summed E-state index contributed by atoms with van der Waals surface area (Å²) in [6.07, 6.45) is -3.52. The van der Waals surface area contributed by atoms with Gasteiger partial charge in [-0.15, -0.1) is 0 Å². The Kier molecular flexibility index (Phi) is 3.40. The third-order valence-corrected chi connectivity index (χ3v) is 3.11. The number of rotatable bonds is 2. The van der Waals surface area contributed by atoms with E-state index < -0.39 is 29.4 Å². The molecule has 1 aromatic carbocycles. The molecule has 0 radical (unpaired) electrons. The van der Waals surface area contributed by atoms with Gasteiger partial charge in [0, 0.05) is 24.3 Å². The molecular weight excluding hydrogens is 269 g/mol. The van der Waals surface area contributed by atoms with Crippen LogP contribution in [0.5, 0.6) is 0 Å². The number of alkyl halides is 4. The Balaban J connectivity index is 2.65. The maximum absolute atomic E-state index is 13.9. The molecule has 1 saturated heterocycles. The molecule has 8 heteroatoms. The van der Waals surface area contributed by atoms with Crippen LogP contribution in [0.25, 0.3) is 0 Å². The van der Waals surface area contributed by atoms with Crippen LogP contribution in [0.15, 0.2) is 18.2 Å². The minimum absolute atomic E-state index is 0.0698. The van der Waals surface area contributed by atoms with E-state index in [4.69, 9.17) is 5.73 Å². The van der Waals surface area contributed by atoms with Crippen molar-refractivity contribution in [1.29, 1.82) is 0 Å². The minimum atomic E-state index is -4.01. The molecule has 4 N–H and O–H groups in total. The molecule has 3 nitrogen and oxygen atoms in total. The first-order chi connectivity index (χ1) is 8.81. The minimum Gasteiger partial charge on any atom is -0.399 e. The smallest absolute Gasteiger partial charge is 0.330 e. The average molecular weight is 281 g/mol. The SMILES string of the molecule is Nc1ccc(F)c(C2(C(F)F)NCCNC2(F)F)c1. The summed E-state index contributed by atoms with van der Waals surface area (Å²) in [5.74, 6) is -1.16. The van der Waals surface area contributed by atoms with Crippen LogP contribution in [0, 0.1) is 5.82 Å². The maximum atomic E-state index is 13.9. The molecule has 0 bridgehead atoms. The Labute approximate surface area is 106 Å². The van der Waals surface area contributed by atoms with Crippen molar-refractivity contribution in [1.82, 2.24) is 10.6 Å². The third-order valence-electron chi connectivity index (χ3n) is 3.11. The van der Waals surface area contributed by atoms with Crippen molar-refractivity contribution in [2.75, 3.05) is 18.8 Å². The van der Waals surface area contributed by atoms with Gasteiger partial charge in [0.05, 0.1) is 0 Å². The summed E-state index contributed by atoms with van der Waals surface area (Å²) in [5.41, 5.74) is 1.33. The number of hydrogen-bond acceptors (Lipinski definition) is 3.